The Morgan fingerprint density at radius 1 is 1.25 bits per heavy atom. The first kappa shape index (κ1) is 14.3. The van der Waals surface area contributed by atoms with Crippen molar-refractivity contribution in [3.8, 4) is 0 Å². The van der Waals surface area contributed by atoms with E-state index in [0.717, 1.165) is 34.7 Å². The third kappa shape index (κ3) is 3.52. The fourth-order valence-electron chi connectivity index (χ4n) is 2.84. The van der Waals surface area contributed by atoms with Crippen LogP contribution in [0.25, 0.3) is 0 Å². The molecule has 0 aromatic heterocycles. The number of carbonyl (C=O) groups is 1. The van der Waals surface area contributed by atoms with Crippen molar-refractivity contribution < 1.29 is 4.79 Å². The Hall–Kier alpha value is -0.620. The zero-order chi connectivity index (χ0) is 13.9. The minimum absolute atomic E-state index is 0.204. The van der Waals surface area contributed by atoms with E-state index in [2.05, 4.69) is 32.8 Å². The number of carbonyl (C=O) groups excluding carboxylic acids is 1. The summed E-state index contributed by atoms with van der Waals surface area (Å²) in [6.07, 6.45) is 5.00. The molecule has 3 nitrogen and oxygen atoms in total. The Morgan fingerprint density at radius 3 is 2.70 bits per heavy atom. The summed E-state index contributed by atoms with van der Waals surface area (Å²) in [7, 11) is 0. The van der Waals surface area contributed by atoms with Gasteiger partial charge in [-0.25, -0.2) is 0 Å². The van der Waals surface area contributed by atoms with Crippen molar-refractivity contribution in [2.45, 2.75) is 31.7 Å². The van der Waals surface area contributed by atoms with Gasteiger partial charge >= 0.3 is 0 Å². The largest absolute Gasteiger partial charge is 0.337 e. The van der Waals surface area contributed by atoms with Gasteiger partial charge in [0.15, 0.2) is 0 Å². The van der Waals surface area contributed by atoms with Gasteiger partial charge in [0.25, 0.3) is 5.91 Å². The van der Waals surface area contributed by atoms with Crippen molar-refractivity contribution in [1.29, 1.82) is 0 Å². The Kier molecular flexibility index (Phi) is 4.61. The molecule has 20 heavy (non-hydrogen) atoms. The van der Waals surface area contributed by atoms with Crippen LogP contribution in [0.5, 0.6) is 0 Å². The lowest BCUT2D eigenvalue weighted by molar-refractivity contribution is 0.0732. The van der Waals surface area contributed by atoms with Crippen LogP contribution in [0.3, 0.4) is 0 Å². The molecule has 0 spiro atoms. The van der Waals surface area contributed by atoms with Crippen LogP contribution in [0.4, 0.5) is 0 Å². The fraction of sp³-hybridized carbons (Fsp3) is 0.562. The molecule has 1 saturated carbocycles. The Bertz CT molecular complexity index is 481. The van der Waals surface area contributed by atoms with E-state index in [9.17, 15) is 4.79 Å². The molecule has 1 amide bonds. The monoisotopic (exact) mass is 384 g/mol. The van der Waals surface area contributed by atoms with E-state index in [1.165, 1.54) is 25.7 Å². The van der Waals surface area contributed by atoms with Gasteiger partial charge in [-0.1, -0.05) is 12.1 Å². The first-order valence-electron chi connectivity index (χ1n) is 7.51. The molecule has 1 saturated heterocycles. The van der Waals surface area contributed by atoms with Gasteiger partial charge in [0.2, 0.25) is 0 Å². The average molecular weight is 384 g/mol. The molecule has 0 radical (unpaired) electrons. The van der Waals surface area contributed by atoms with Crippen molar-refractivity contribution in [3.63, 3.8) is 0 Å². The SMILES string of the molecule is O=C(c1ccccc1I)N(CC1CC1)CC1CCCN1. The number of hydrogen-bond acceptors (Lipinski definition) is 2. The lowest BCUT2D eigenvalue weighted by Gasteiger charge is -2.26. The lowest BCUT2D eigenvalue weighted by atomic mass is 10.1. The molecular formula is C16H21IN2O. The lowest BCUT2D eigenvalue weighted by Crippen LogP contribution is -2.42. The zero-order valence-electron chi connectivity index (χ0n) is 11.6. The summed E-state index contributed by atoms with van der Waals surface area (Å²) in [6.45, 7) is 2.89. The van der Waals surface area contributed by atoms with Gasteiger partial charge in [-0.15, -0.1) is 0 Å². The highest BCUT2D eigenvalue weighted by atomic mass is 127. The number of nitrogens with one attached hydrogen (secondary N) is 1. The summed E-state index contributed by atoms with van der Waals surface area (Å²) in [5.74, 6) is 0.942. The van der Waals surface area contributed by atoms with Crippen molar-refractivity contribution in [1.82, 2.24) is 10.2 Å². The molecule has 2 aliphatic rings. The number of halogens is 1. The highest BCUT2D eigenvalue weighted by Crippen LogP contribution is 2.30. The molecule has 1 unspecified atom stereocenters. The second-order valence-electron chi connectivity index (χ2n) is 5.93. The molecule has 1 heterocycles. The summed E-state index contributed by atoms with van der Waals surface area (Å²) in [6, 6.07) is 8.39. The maximum atomic E-state index is 12.8. The van der Waals surface area contributed by atoms with Crippen molar-refractivity contribution in [3.05, 3.63) is 33.4 Å². The number of rotatable bonds is 5. The van der Waals surface area contributed by atoms with Crippen LogP contribution in [0, 0.1) is 9.49 Å². The Labute approximate surface area is 134 Å². The van der Waals surface area contributed by atoms with Gasteiger partial charge in [-0.05, 0) is 72.9 Å². The van der Waals surface area contributed by atoms with Gasteiger partial charge in [0, 0.05) is 22.7 Å². The second kappa shape index (κ2) is 6.43. The molecule has 3 rings (SSSR count). The van der Waals surface area contributed by atoms with E-state index in [0.29, 0.717) is 6.04 Å². The van der Waals surface area contributed by atoms with Crippen LogP contribution in [0.15, 0.2) is 24.3 Å². The molecule has 1 aromatic carbocycles. The van der Waals surface area contributed by atoms with Gasteiger partial charge < -0.3 is 10.2 Å². The van der Waals surface area contributed by atoms with E-state index in [1.54, 1.807) is 0 Å². The third-order valence-electron chi connectivity index (χ3n) is 4.17. The molecule has 1 aliphatic carbocycles. The summed E-state index contributed by atoms with van der Waals surface area (Å²) in [5, 5.41) is 3.51. The summed E-state index contributed by atoms with van der Waals surface area (Å²) < 4.78 is 1.05. The number of amides is 1. The van der Waals surface area contributed by atoms with Crippen LogP contribution < -0.4 is 5.32 Å². The first-order valence-corrected chi connectivity index (χ1v) is 8.59. The number of hydrogen-bond donors (Lipinski definition) is 1. The maximum Gasteiger partial charge on any atom is 0.254 e. The molecule has 1 aliphatic heterocycles. The predicted molar refractivity (Wildman–Crippen MR) is 88.8 cm³/mol. The standard InChI is InChI=1S/C16H21IN2O/c17-15-6-2-1-5-14(15)16(20)19(10-12-7-8-12)11-13-4-3-9-18-13/h1-2,5-6,12-13,18H,3-4,7-11H2. The highest BCUT2D eigenvalue weighted by molar-refractivity contribution is 14.1. The van der Waals surface area contributed by atoms with Gasteiger partial charge in [-0.2, -0.15) is 0 Å². The van der Waals surface area contributed by atoms with E-state index in [-0.39, 0.29) is 5.91 Å². The second-order valence-corrected chi connectivity index (χ2v) is 7.09. The molecule has 1 atom stereocenters. The van der Waals surface area contributed by atoms with E-state index in [4.69, 9.17) is 0 Å². The molecule has 1 aromatic rings. The zero-order valence-corrected chi connectivity index (χ0v) is 13.8. The molecule has 4 heteroatoms. The Balaban J connectivity index is 1.73. The minimum Gasteiger partial charge on any atom is -0.337 e. The number of nitrogens with zero attached hydrogens (tertiary/aromatic N) is 1. The highest BCUT2D eigenvalue weighted by Gasteiger charge is 2.30. The molecule has 1 N–H and O–H groups in total. The van der Waals surface area contributed by atoms with Crippen molar-refractivity contribution in [2.75, 3.05) is 19.6 Å². The van der Waals surface area contributed by atoms with Gasteiger partial charge in [0.05, 0.1) is 5.56 Å². The minimum atomic E-state index is 0.204. The summed E-state index contributed by atoms with van der Waals surface area (Å²) in [5.41, 5.74) is 0.853. The van der Waals surface area contributed by atoms with Crippen LogP contribution >= 0.6 is 22.6 Å². The maximum absolute atomic E-state index is 12.8. The summed E-state index contributed by atoms with van der Waals surface area (Å²) >= 11 is 2.26. The smallest absolute Gasteiger partial charge is 0.254 e. The van der Waals surface area contributed by atoms with Crippen molar-refractivity contribution >= 4 is 28.5 Å². The number of benzene rings is 1. The molecule has 108 valence electrons. The van der Waals surface area contributed by atoms with Crippen LogP contribution in [0.1, 0.15) is 36.0 Å². The average Bonchev–Trinajstić information content (AvgIpc) is 3.11. The van der Waals surface area contributed by atoms with Crippen LogP contribution in [-0.4, -0.2) is 36.5 Å². The topological polar surface area (TPSA) is 32.3 Å². The van der Waals surface area contributed by atoms with E-state index in [1.807, 2.05) is 24.3 Å². The molecule has 0 bridgehead atoms. The normalized spacial score (nSPS) is 21.9. The quantitative estimate of drug-likeness (QED) is 0.792. The molecular weight excluding hydrogens is 363 g/mol. The van der Waals surface area contributed by atoms with E-state index < -0.39 is 0 Å². The van der Waals surface area contributed by atoms with Crippen LogP contribution in [0.2, 0.25) is 0 Å². The van der Waals surface area contributed by atoms with Gasteiger partial charge in [0.1, 0.15) is 0 Å². The fourth-order valence-corrected chi connectivity index (χ4v) is 3.45. The van der Waals surface area contributed by atoms with Gasteiger partial charge in [-0.3, -0.25) is 4.79 Å². The van der Waals surface area contributed by atoms with Crippen molar-refractivity contribution in [2.24, 2.45) is 5.92 Å². The molecule has 2 fully saturated rings. The van der Waals surface area contributed by atoms with Crippen LogP contribution in [-0.2, 0) is 0 Å². The Morgan fingerprint density at radius 2 is 2.05 bits per heavy atom. The third-order valence-corrected chi connectivity index (χ3v) is 5.11. The first-order chi connectivity index (χ1) is 9.74. The van der Waals surface area contributed by atoms with E-state index >= 15 is 0 Å². The summed E-state index contributed by atoms with van der Waals surface area (Å²) in [4.78, 5) is 14.9. The predicted octanol–water partition coefficient (Wildman–Crippen LogP) is 2.90.